The molecule has 2 aromatic carbocycles. The van der Waals surface area contributed by atoms with Gasteiger partial charge in [-0.1, -0.05) is 12.1 Å². The number of methoxy groups -OCH3 is 1. The molecule has 1 unspecified atom stereocenters. The largest absolute Gasteiger partial charge is 0.508 e. The predicted octanol–water partition coefficient (Wildman–Crippen LogP) is 2.23. The van der Waals surface area contributed by atoms with Crippen molar-refractivity contribution in [2.75, 3.05) is 7.11 Å². The zero-order valence-corrected chi connectivity index (χ0v) is 12.0. The molecule has 3 rings (SSSR count). The number of phenolic OH excluding ortho intramolecular Hbond substituents is 1. The summed E-state index contributed by atoms with van der Waals surface area (Å²) in [5, 5.41) is 16.4. The van der Waals surface area contributed by atoms with Gasteiger partial charge in [-0.05, 0) is 42.0 Å². The number of phenols is 1. The van der Waals surface area contributed by atoms with Crippen LogP contribution in [0.25, 0.3) is 11.4 Å². The molecule has 1 heterocycles. The van der Waals surface area contributed by atoms with Gasteiger partial charge in [0.05, 0.1) is 13.2 Å². The van der Waals surface area contributed by atoms with Crippen LogP contribution in [0.3, 0.4) is 0 Å². The number of rotatable bonds is 4. The minimum Gasteiger partial charge on any atom is -0.508 e. The minimum absolute atomic E-state index is 0.201. The van der Waals surface area contributed by atoms with E-state index >= 15 is 0 Å². The highest BCUT2D eigenvalue weighted by Gasteiger charge is 2.15. The average Bonchev–Trinajstić information content (AvgIpc) is 3.05. The Bertz CT molecular complexity index is 768. The summed E-state index contributed by atoms with van der Waals surface area (Å²) in [5.74, 6) is 2.04. The van der Waals surface area contributed by atoms with Crippen molar-refractivity contribution in [2.45, 2.75) is 6.04 Å². The van der Waals surface area contributed by atoms with E-state index in [4.69, 9.17) is 10.5 Å². The number of benzene rings is 2. The lowest BCUT2D eigenvalue weighted by molar-refractivity contribution is 0.414. The van der Waals surface area contributed by atoms with Gasteiger partial charge in [-0.2, -0.15) is 5.10 Å². The standard InChI is InChI=1S/C16H16N4O2/c1-22-13-4-2-3-11(9-13)14(17)16-18-15(19-20-16)10-5-7-12(21)8-6-10/h2-9,14,21H,17H2,1H3,(H,18,19,20). The Balaban J connectivity index is 1.87. The van der Waals surface area contributed by atoms with Gasteiger partial charge in [0.25, 0.3) is 0 Å². The van der Waals surface area contributed by atoms with Crippen LogP contribution < -0.4 is 10.5 Å². The third kappa shape index (κ3) is 2.77. The van der Waals surface area contributed by atoms with Crippen molar-refractivity contribution in [3.63, 3.8) is 0 Å². The fraction of sp³-hybridized carbons (Fsp3) is 0.125. The number of aromatic nitrogens is 3. The SMILES string of the molecule is COc1cccc(C(N)c2nc(-c3ccc(O)cc3)n[nH]2)c1. The van der Waals surface area contributed by atoms with Crippen LogP contribution in [-0.4, -0.2) is 27.4 Å². The lowest BCUT2D eigenvalue weighted by Crippen LogP contribution is -2.13. The van der Waals surface area contributed by atoms with E-state index in [0.717, 1.165) is 16.9 Å². The topological polar surface area (TPSA) is 97.1 Å². The molecule has 0 amide bonds. The van der Waals surface area contributed by atoms with Crippen molar-refractivity contribution in [3.8, 4) is 22.9 Å². The highest BCUT2D eigenvalue weighted by atomic mass is 16.5. The molecule has 0 spiro atoms. The predicted molar refractivity (Wildman–Crippen MR) is 82.5 cm³/mol. The fourth-order valence-electron chi connectivity index (χ4n) is 2.15. The van der Waals surface area contributed by atoms with Crippen LogP contribution in [0.4, 0.5) is 0 Å². The summed E-state index contributed by atoms with van der Waals surface area (Å²) in [6.07, 6.45) is 0. The van der Waals surface area contributed by atoms with Crippen molar-refractivity contribution in [1.82, 2.24) is 15.2 Å². The van der Waals surface area contributed by atoms with Crippen molar-refractivity contribution in [3.05, 3.63) is 59.9 Å². The van der Waals surface area contributed by atoms with E-state index in [0.29, 0.717) is 11.6 Å². The summed E-state index contributed by atoms with van der Waals surface area (Å²) in [6.45, 7) is 0. The zero-order chi connectivity index (χ0) is 15.5. The van der Waals surface area contributed by atoms with E-state index in [1.54, 1.807) is 31.4 Å². The van der Waals surface area contributed by atoms with Gasteiger partial charge in [-0.15, -0.1) is 0 Å². The molecular formula is C16H16N4O2. The summed E-state index contributed by atoms with van der Waals surface area (Å²) in [6, 6.07) is 13.8. The summed E-state index contributed by atoms with van der Waals surface area (Å²) in [5.41, 5.74) is 7.91. The van der Waals surface area contributed by atoms with Gasteiger partial charge < -0.3 is 15.6 Å². The molecule has 1 aromatic heterocycles. The molecule has 0 radical (unpaired) electrons. The van der Waals surface area contributed by atoms with Gasteiger partial charge in [-0.25, -0.2) is 4.98 Å². The summed E-state index contributed by atoms with van der Waals surface area (Å²) in [7, 11) is 1.61. The molecule has 6 nitrogen and oxygen atoms in total. The quantitative estimate of drug-likeness (QED) is 0.686. The van der Waals surface area contributed by atoms with Gasteiger partial charge in [-0.3, -0.25) is 5.10 Å². The van der Waals surface area contributed by atoms with E-state index in [1.165, 1.54) is 0 Å². The molecule has 0 bridgehead atoms. The third-order valence-corrected chi connectivity index (χ3v) is 3.38. The van der Waals surface area contributed by atoms with Gasteiger partial charge in [0.15, 0.2) is 5.82 Å². The van der Waals surface area contributed by atoms with Crippen molar-refractivity contribution < 1.29 is 9.84 Å². The second-order valence-electron chi connectivity index (χ2n) is 4.85. The maximum absolute atomic E-state index is 9.31. The molecule has 1 atom stereocenters. The van der Waals surface area contributed by atoms with Crippen molar-refractivity contribution in [2.24, 2.45) is 5.73 Å². The number of aromatic amines is 1. The van der Waals surface area contributed by atoms with Crippen LogP contribution in [0.15, 0.2) is 48.5 Å². The first-order chi connectivity index (χ1) is 10.7. The molecular weight excluding hydrogens is 280 g/mol. The van der Waals surface area contributed by atoms with E-state index in [-0.39, 0.29) is 5.75 Å². The average molecular weight is 296 g/mol. The Morgan fingerprint density at radius 1 is 1.18 bits per heavy atom. The lowest BCUT2D eigenvalue weighted by atomic mass is 10.1. The van der Waals surface area contributed by atoms with Gasteiger partial charge >= 0.3 is 0 Å². The Hall–Kier alpha value is -2.86. The van der Waals surface area contributed by atoms with Gasteiger partial charge in [0, 0.05) is 5.56 Å². The number of ether oxygens (including phenoxy) is 1. The molecule has 22 heavy (non-hydrogen) atoms. The highest BCUT2D eigenvalue weighted by molar-refractivity contribution is 5.55. The monoisotopic (exact) mass is 296 g/mol. The van der Waals surface area contributed by atoms with E-state index in [2.05, 4.69) is 15.2 Å². The number of nitrogens with zero attached hydrogens (tertiary/aromatic N) is 2. The molecule has 0 fully saturated rings. The smallest absolute Gasteiger partial charge is 0.181 e. The first kappa shape index (κ1) is 14.1. The second kappa shape index (κ2) is 5.87. The van der Waals surface area contributed by atoms with E-state index in [9.17, 15) is 5.11 Å². The first-order valence-electron chi connectivity index (χ1n) is 6.78. The molecule has 0 saturated carbocycles. The first-order valence-corrected chi connectivity index (χ1v) is 6.78. The van der Waals surface area contributed by atoms with Crippen LogP contribution >= 0.6 is 0 Å². The Kier molecular flexibility index (Phi) is 3.76. The number of hydrogen-bond acceptors (Lipinski definition) is 5. The number of hydrogen-bond donors (Lipinski definition) is 3. The normalized spacial score (nSPS) is 12.1. The number of nitrogens with one attached hydrogen (secondary N) is 1. The fourth-order valence-corrected chi connectivity index (χ4v) is 2.15. The molecule has 0 aliphatic carbocycles. The molecule has 0 aliphatic heterocycles. The Morgan fingerprint density at radius 2 is 1.95 bits per heavy atom. The van der Waals surface area contributed by atoms with Crippen molar-refractivity contribution >= 4 is 0 Å². The zero-order valence-electron chi connectivity index (χ0n) is 12.0. The second-order valence-corrected chi connectivity index (χ2v) is 4.85. The summed E-state index contributed by atoms with van der Waals surface area (Å²) < 4.78 is 5.20. The van der Waals surface area contributed by atoms with Gasteiger partial charge in [0.1, 0.15) is 17.3 Å². The minimum atomic E-state index is -0.423. The third-order valence-electron chi connectivity index (χ3n) is 3.38. The number of H-pyrrole nitrogens is 1. The lowest BCUT2D eigenvalue weighted by Gasteiger charge is -2.09. The molecule has 112 valence electrons. The highest BCUT2D eigenvalue weighted by Crippen LogP contribution is 2.23. The number of aromatic hydroxyl groups is 1. The maximum atomic E-state index is 9.31. The van der Waals surface area contributed by atoms with Crippen molar-refractivity contribution in [1.29, 1.82) is 0 Å². The summed E-state index contributed by atoms with van der Waals surface area (Å²) in [4.78, 5) is 4.43. The van der Waals surface area contributed by atoms with Crippen LogP contribution in [0.5, 0.6) is 11.5 Å². The summed E-state index contributed by atoms with van der Waals surface area (Å²) >= 11 is 0. The molecule has 3 aromatic rings. The Labute approximate surface area is 127 Å². The maximum Gasteiger partial charge on any atom is 0.181 e. The van der Waals surface area contributed by atoms with Gasteiger partial charge in [0.2, 0.25) is 0 Å². The Morgan fingerprint density at radius 3 is 2.68 bits per heavy atom. The molecule has 6 heteroatoms. The van der Waals surface area contributed by atoms with Crippen LogP contribution in [0.2, 0.25) is 0 Å². The van der Waals surface area contributed by atoms with E-state index in [1.807, 2.05) is 24.3 Å². The van der Waals surface area contributed by atoms with Crippen LogP contribution in [-0.2, 0) is 0 Å². The van der Waals surface area contributed by atoms with Crippen LogP contribution in [0.1, 0.15) is 17.4 Å². The van der Waals surface area contributed by atoms with Crippen LogP contribution in [0, 0.1) is 0 Å². The number of nitrogens with two attached hydrogens (primary N) is 1. The molecule has 0 aliphatic rings. The molecule has 4 N–H and O–H groups in total. The van der Waals surface area contributed by atoms with E-state index < -0.39 is 6.04 Å². The molecule has 0 saturated heterocycles.